The van der Waals surface area contributed by atoms with Gasteiger partial charge in [0.15, 0.2) is 0 Å². The van der Waals surface area contributed by atoms with Crippen LogP contribution in [0.1, 0.15) is 26.2 Å². The molecule has 0 aliphatic carbocycles. The number of carbonyl (C=O) groups is 3. The fraction of sp³-hybridized carbons (Fsp3) is 0.667. The second kappa shape index (κ2) is 9.55. The number of carboxylic acids is 3. The summed E-state index contributed by atoms with van der Waals surface area (Å²) in [4.78, 5) is 29.4. The first-order valence-electron chi connectivity index (χ1n) is 4.78. The Morgan fingerprint density at radius 2 is 1.41 bits per heavy atom. The van der Waals surface area contributed by atoms with E-state index in [1.165, 1.54) is 6.92 Å². The first-order chi connectivity index (χ1) is 7.68. The molecule has 0 aromatic carbocycles. The predicted molar refractivity (Wildman–Crippen MR) is 56.4 cm³/mol. The zero-order valence-electron chi connectivity index (χ0n) is 9.37. The third-order valence-corrected chi connectivity index (χ3v) is 1.59. The summed E-state index contributed by atoms with van der Waals surface area (Å²) in [5, 5.41) is 32.6. The highest BCUT2D eigenvalue weighted by molar-refractivity contribution is 5.73. The Balaban J connectivity index is 0. The van der Waals surface area contributed by atoms with Gasteiger partial charge < -0.3 is 26.2 Å². The zero-order valence-corrected chi connectivity index (χ0v) is 9.37. The van der Waals surface area contributed by atoms with Gasteiger partial charge in [-0.05, 0) is 13.3 Å². The molecule has 0 aromatic rings. The maximum Gasteiger partial charge on any atom is 0.323 e. The maximum atomic E-state index is 9.86. The molecule has 6 N–H and O–H groups in total. The van der Waals surface area contributed by atoms with Crippen molar-refractivity contribution in [1.82, 2.24) is 0 Å². The van der Waals surface area contributed by atoms with Gasteiger partial charge >= 0.3 is 17.9 Å². The Bertz CT molecular complexity index is 250. The summed E-state index contributed by atoms with van der Waals surface area (Å²) in [7, 11) is 0. The van der Waals surface area contributed by atoms with E-state index in [0.29, 0.717) is 0 Å². The van der Waals surface area contributed by atoms with E-state index in [0.717, 1.165) is 0 Å². The van der Waals surface area contributed by atoms with Crippen molar-refractivity contribution in [3.63, 3.8) is 0 Å². The van der Waals surface area contributed by atoms with Crippen LogP contribution in [0.5, 0.6) is 0 Å². The average Bonchev–Trinajstić information content (AvgIpc) is 2.15. The molecule has 17 heavy (non-hydrogen) atoms. The normalized spacial score (nSPS) is 12.9. The van der Waals surface area contributed by atoms with Crippen molar-refractivity contribution >= 4 is 17.9 Å². The van der Waals surface area contributed by atoms with Crippen LogP contribution in [-0.2, 0) is 14.4 Å². The van der Waals surface area contributed by atoms with Crippen LogP contribution in [0.25, 0.3) is 0 Å². The summed E-state index contributed by atoms with van der Waals surface area (Å²) in [5.41, 5.74) is 4.91. The molecule has 0 fully saturated rings. The first-order valence-corrected chi connectivity index (χ1v) is 4.78. The number of nitrogens with two attached hydrogens (primary N) is 1. The highest BCUT2D eigenvalue weighted by Gasteiger charge is 2.16. The Hall–Kier alpha value is -1.67. The number of hydrogen-bond donors (Lipinski definition) is 5. The van der Waals surface area contributed by atoms with E-state index in [-0.39, 0.29) is 19.3 Å². The monoisotopic (exact) mass is 251 g/mol. The second-order valence-corrected chi connectivity index (χ2v) is 3.25. The van der Waals surface area contributed by atoms with E-state index < -0.39 is 30.1 Å². The van der Waals surface area contributed by atoms with E-state index in [2.05, 4.69) is 0 Å². The Morgan fingerprint density at radius 3 is 1.53 bits per heavy atom. The number of rotatable bonds is 6. The van der Waals surface area contributed by atoms with Crippen molar-refractivity contribution in [2.24, 2.45) is 5.73 Å². The van der Waals surface area contributed by atoms with Gasteiger partial charge in [0.1, 0.15) is 6.04 Å². The van der Waals surface area contributed by atoms with Crippen molar-refractivity contribution in [3.05, 3.63) is 0 Å². The summed E-state index contributed by atoms with van der Waals surface area (Å²) >= 11 is 0. The second-order valence-electron chi connectivity index (χ2n) is 3.25. The summed E-state index contributed by atoms with van der Waals surface area (Å²) in [6.07, 6.45) is -0.893. The van der Waals surface area contributed by atoms with Crippen molar-refractivity contribution in [1.29, 1.82) is 0 Å². The molecule has 0 unspecified atom stereocenters. The van der Waals surface area contributed by atoms with Gasteiger partial charge in [-0.1, -0.05) is 0 Å². The lowest BCUT2D eigenvalue weighted by Gasteiger charge is -2.06. The van der Waals surface area contributed by atoms with Crippen molar-refractivity contribution in [2.45, 2.75) is 38.3 Å². The van der Waals surface area contributed by atoms with Crippen LogP contribution in [0.4, 0.5) is 0 Å². The van der Waals surface area contributed by atoms with E-state index in [1.807, 2.05) is 0 Å². The SMILES string of the molecule is C[C@@H](O)[C@H](N)C(=O)O.O=C(O)CCCC(=O)O. The van der Waals surface area contributed by atoms with Gasteiger partial charge in [-0.3, -0.25) is 14.4 Å². The highest BCUT2D eigenvalue weighted by Crippen LogP contribution is 1.93. The quantitative estimate of drug-likeness (QED) is 0.406. The van der Waals surface area contributed by atoms with Crippen molar-refractivity contribution in [3.8, 4) is 0 Å². The molecule has 8 nitrogen and oxygen atoms in total. The molecule has 0 bridgehead atoms. The topological polar surface area (TPSA) is 158 Å². The van der Waals surface area contributed by atoms with Crippen LogP contribution in [0, 0.1) is 0 Å². The molecule has 0 saturated heterocycles. The molecule has 0 spiro atoms. The van der Waals surface area contributed by atoms with Gasteiger partial charge in [-0.2, -0.15) is 0 Å². The van der Waals surface area contributed by atoms with Crippen molar-refractivity contribution < 1.29 is 34.8 Å². The van der Waals surface area contributed by atoms with Crippen LogP contribution < -0.4 is 5.73 Å². The first kappa shape index (κ1) is 17.7. The highest BCUT2D eigenvalue weighted by atomic mass is 16.4. The minimum absolute atomic E-state index is 0.0632. The number of aliphatic carboxylic acids is 3. The Morgan fingerprint density at radius 1 is 1.06 bits per heavy atom. The van der Waals surface area contributed by atoms with E-state index in [9.17, 15) is 14.4 Å². The lowest BCUT2D eigenvalue weighted by atomic mass is 10.2. The van der Waals surface area contributed by atoms with Crippen LogP contribution in [-0.4, -0.2) is 50.5 Å². The lowest BCUT2D eigenvalue weighted by molar-refractivity contribution is -0.141. The summed E-state index contributed by atoms with van der Waals surface area (Å²) in [6.45, 7) is 1.33. The molecule has 100 valence electrons. The number of aliphatic hydroxyl groups is 1. The fourth-order valence-electron chi connectivity index (χ4n) is 0.597. The van der Waals surface area contributed by atoms with Crippen LogP contribution >= 0.6 is 0 Å². The largest absolute Gasteiger partial charge is 0.481 e. The van der Waals surface area contributed by atoms with E-state index in [4.69, 9.17) is 26.2 Å². The van der Waals surface area contributed by atoms with Crippen LogP contribution in [0.2, 0.25) is 0 Å². The van der Waals surface area contributed by atoms with Crippen molar-refractivity contribution in [2.75, 3.05) is 0 Å². The third kappa shape index (κ3) is 14.3. The van der Waals surface area contributed by atoms with Crippen LogP contribution in [0.3, 0.4) is 0 Å². The molecule has 0 rings (SSSR count). The minimum atomic E-state index is -1.18. The molecule has 0 aliphatic rings. The molecular weight excluding hydrogens is 234 g/mol. The average molecular weight is 251 g/mol. The number of hydrogen-bond acceptors (Lipinski definition) is 5. The third-order valence-electron chi connectivity index (χ3n) is 1.59. The molecular formula is C9H17NO7. The number of carboxylic acid groups (broad SMARTS) is 3. The predicted octanol–water partition coefficient (Wildman–Crippen LogP) is -0.895. The molecule has 8 heteroatoms. The smallest absolute Gasteiger partial charge is 0.323 e. The molecule has 0 amide bonds. The summed E-state index contributed by atoms with van der Waals surface area (Å²) in [5.74, 6) is -3.08. The molecule has 0 aliphatic heterocycles. The van der Waals surface area contributed by atoms with Gasteiger partial charge in [-0.25, -0.2) is 0 Å². The molecule has 0 aromatic heterocycles. The van der Waals surface area contributed by atoms with E-state index in [1.54, 1.807) is 0 Å². The molecule has 2 atom stereocenters. The maximum absolute atomic E-state index is 9.86. The molecule has 0 heterocycles. The summed E-state index contributed by atoms with van der Waals surface area (Å²) < 4.78 is 0. The summed E-state index contributed by atoms with van der Waals surface area (Å²) in [6, 6.07) is -1.16. The van der Waals surface area contributed by atoms with Crippen LogP contribution in [0.15, 0.2) is 0 Å². The zero-order chi connectivity index (χ0) is 14.0. The molecule has 0 saturated carbocycles. The van der Waals surface area contributed by atoms with Gasteiger partial charge in [0.05, 0.1) is 6.10 Å². The Kier molecular flexibility index (Phi) is 9.95. The van der Waals surface area contributed by atoms with Gasteiger partial charge in [0.25, 0.3) is 0 Å². The Labute approximate surface area is 97.7 Å². The fourth-order valence-corrected chi connectivity index (χ4v) is 0.597. The molecule has 0 radical (unpaired) electrons. The van der Waals surface area contributed by atoms with Gasteiger partial charge in [-0.15, -0.1) is 0 Å². The van der Waals surface area contributed by atoms with Gasteiger partial charge in [0.2, 0.25) is 0 Å². The minimum Gasteiger partial charge on any atom is -0.481 e. The standard InChI is InChI=1S/C5H8O4.C4H9NO3/c6-4(7)2-1-3-5(8)9;1-2(6)3(5)4(7)8/h1-3H2,(H,6,7)(H,8,9);2-3,6H,5H2,1H3,(H,7,8)/t;2-,3+/m.1/s1. The van der Waals surface area contributed by atoms with E-state index >= 15 is 0 Å². The lowest BCUT2D eigenvalue weighted by Crippen LogP contribution is -2.39. The number of aliphatic hydroxyl groups excluding tert-OH is 1. The van der Waals surface area contributed by atoms with Gasteiger partial charge in [0, 0.05) is 12.8 Å².